The van der Waals surface area contributed by atoms with Gasteiger partial charge in [-0.3, -0.25) is 0 Å². The maximum absolute atomic E-state index is 11.0. The molecule has 1 aliphatic rings. The van der Waals surface area contributed by atoms with Crippen molar-refractivity contribution in [2.24, 2.45) is 0 Å². The number of carbonyl (C=O) groups excluding carboxylic acids is 1. The fourth-order valence-corrected chi connectivity index (χ4v) is 1.31. The van der Waals surface area contributed by atoms with Crippen LogP contribution in [0.1, 0.15) is 13.3 Å². The number of likely N-dealkylation sites (N-methyl/N-ethyl adjacent to an activating group) is 1. The van der Waals surface area contributed by atoms with Gasteiger partial charge in [0, 0.05) is 19.2 Å². The zero-order valence-corrected chi connectivity index (χ0v) is 7.67. The lowest BCUT2D eigenvalue weighted by molar-refractivity contribution is -0.137. The number of carbonyl (C=O) groups is 1. The monoisotopic (exact) mass is 169 g/mol. The molecule has 1 aliphatic heterocycles. The minimum atomic E-state index is -0.206. The second-order valence-corrected chi connectivity index (χ2v) is 3.04. The molecule has 0 unspecified atom stereocenters. The summed E-state index contributed by atoms with van der Waals surface area (Å²) >= 11 is 0. The SMILES string of the molecule is CCOC(=O)C=C1CCN(C)C1. The lowest BCUT2D eigenvalue weighted by atomic mass is 10.2. The average Bonchev–Trinajstić information content (AvgIpc) is 2.36. The zero-order valence-electron chi connectivity index (χ0n) is 7.67. The molecule has 0 atom stereocenters. The number of ether oxygens (including phenoxy) is 1. The Morgan fingerprint density at radius 1 is 1.75 bits per heavy atom. The molecule has 3 heteroatoms. The molecule has 1 fully saturated rings. The average molecular weight is 169 g/mol. The molecule has 1 saturated heterocycles. The van der Waals surface area contributed by atoms with Crippen molar-refractivity contribution in [3.8, 4) is 0 Å². The van der Waals surface area contributed by atoms with Crippen molar-refractivity contribution in [2.75, 3.05) is 26.7 Å². The summed E-state index contributed by atoms with van der Waals surface area (Å²) in [4.78, 5) is 13.2. The van der Waals surface area contributed by atoms with Crippen molar-refractivity contribution < 1.29 is 9.53 Å². The third-order valence-corrected chi connectivity index (χ3v) is 1.90. The van der Waals surface area contributed by atoms with Gasteiger partial charge in [0.2, 0.25) is 0 Å². The van der Waals surface area contributed by atoms with Gasteiger partial charge in [0.05, 0.1) is 6.61 Å². The highest BCUT2D eigenvalue weighted by atomic mass is 16.5. The fourth-order valence-electron chi connectivity index (χ4n) is 1.31. The number of likely N-dealkylation sites (tertiary alicyclic amines) is 1. The molecule has 0 amide bonds. The van der Waals surface area contributed by atoms with Crippen molar-refractivity contribution in [1.82, 2.24) is 4.90 Å². The van der Waals surface area contributed by atoms with E-state index in [2.05, 4.69) is 4.90 Å². The molecule has 0 aliphatic carbocycles. The Labute approximate surface area is 73.0 Å². The molecule has 3 nitrogen and oxygen atoms in total. The number of esters is 1. The van der Waals surface area contributed by atoms with Crippen LogP contribution in [0, 0.1) is 0 Å². The summed E-state index contributed by atoms with van der Waals surface area (Å²) in [7, 11) is 2.05. The maximum atomic E-state index is 11.0. The molecule has 0 aromatic carbocycles. The van der Waals surface area contributed by atoms with Crippen molar-refractivity contribution in [1.29, 1.82) is 0 Å². The van der Waals surface area contributed by atoms with Gasteiger partial charge < -0.3 is 9.64 Å². The zero-order chi connectivity index (χ0) is 8.97. The lowest BCUT2D eigenvalue weighted by Crippen LogP contribution is -2.11. The summed E-state index contributed by atoms with van der Waals surface area (Å²) in [5, 5.41) is 0. The van der Waals surface area contributed by atoms with Crippen LogP contribution in [0.3, 0.4) is 0 Å². The van der Waals surface area contributed by atoms with Crippen LogP contribution in [0.25, 0.3) is 0 Å². The Morgan fingerprint density at radius 2 is 2.50 bits per heavy atom. The maximum Gasteiger partial charge on any atom is 0.330 e. The fraction of sp³-hybridized carbons (Fsp3) is 0.667. The summed E-state index contributed by atoms with van der Waals surface area (Å²) in [6, 6.07) is 0. The highest BCUT2D eigenvalue weighted by Gasteiger charge is 2.13. The van der Waals surface area contributed by atoms with Gasteiger partial charge in [0.25, 0.3) is 0 Å². The Bertz CT molecular complexity index is 199. The molecule has 12 heavy (non-hydrogen) atoms. The van der Waals surface area contributed by atoms with E-state index in [1.807, 2.05) is 14.0 Å². The predicted molar refractivity (Wildman–Crippen MR) is 46.8 cm³/mol. The molecule has 0 aromatic rings. The van der Waals surface area contributed by atoms with E-state index in [0.29, 0.717) is 6.61 Å². The van der Waals surface area contributed by atoms with Gasteiger partial charge in [-0.2, -0.15) is 0 Å². The third-order valence-electron chi connectivity index (χ3n) is 1.90. The van der Waals surface area contributed by atoms with Crippen LogP contribution in [0.2, 0.25) is 0 Å². The van der Waals surface area contributed by atoms with Gasteiger partial charge in [-0.1, -0.05) is 0 Å². The van der Waals surface area contributed by atoms with Gasteiger partial charge in [0.1, 0.15) is 0 Å². The van der Waals surface area contributed by atoms with E-state index in [1.54, 1.807) is 6.08 Å². The van der Waals surface area contributed by atoms with E-state index in [9.17, 15) is 4.79 Å². The first-order valence-corrected chi connectivity index (χ1v) is 4.27. The standard InChI is InChI=1S/C9H15NO2/c1-3-12-9(11)6-8-4-5-10(2)7-8/h6H,3-5,7H2,1-2H3. The van der Waals surface area contributed by atoms with Crippen molar-refractivity contribution in [2.45, 2.75) is 13.3 Å². The Balaban J connectivity index is 2.41. The van der Waals surface area contributed by atoms with E-state index in [-0.39, 0.29) is 5.97 Å². The van der Waals surface area contributed by atoms with Crippen molar-refractivity contribution in [3.05, 3.63) is 11.6 Å². The first-order valence-electron chi connectivity index (χ1n) is 4.27. The van der Waals surface area contributed by atoms with Gasteiger partial charge in [-0.15, -0.1) is 0 Å². The number of hydrogen-bond donors (Lipinski definition) is 0. The molecule has 0 radical (unpaired) electrons. The minimum absolute atomic E-state index is 0.206. The smallest absolute Gasteiger partial charge is 0.330 e. The van der Waals surface area contributed by atoms with Crippen LogP contribution in [0.4, 0.5) is 0 Å². The molecule has 0 saturated carbocycles. The van der Waals surface area contributed by atoms with Crippen LogP contribution >= 0.6 is 0 Å². The molecule has 1 heterocycles. The van der Waals surface area contributed by atoms with Crippen molar-refractivity contribution in [3.63, 3.8) is 0 Å². The Kier molecular flexibility index (Phi) is 3.29. The summed E-state index contributed by atoms with van der Waals surface area (Å²) in [5.74, 6) is -0.206. The van der Waals surface area contributed by atoms with E-state index >= 15 is 0 Å². The molecule has 1 rings (SSSR count). The van der Waals surface area contributed by atoms with Crippen LogP contribution in [0.5, 0.6) is 0 Å². The Morgan fingerprint density at radius 3 is 3.00 bits per heavy atom. The van der Waals surface area contributed by atoms with Gasteiger partial charge in [-0.25, -0.2) is 4.79 Å². The molecule has 0 bridgehead atoms. The topological polar surface area (TPSA) is 29.5 Å². The van der Waals surface area contributed by atoms with Crippen LogP contribution in [-0.2, 0) is 9.53 Å². The highest BCUT2D eigenvalue weighted by molar-refractivity contribution is 5.82. The molecular formula is C9H15NO2. The lowest BCUT2D eigenvalue weighted by Gasteiger charge is -2.02. The summed E-state index contributed by atoms with van der Waals surface area (Å²) in [6.45, 7) is 4.22. The number of rotatable bonds is 2. The van der Waals surface area contributed by atoms with Crippen molar-refractivity contribution >= 4 is 5.97 Å². The largest absolute Gasteiger partial charge is 0.463 e. The van der Waals surface area contributed by atoms with E-state index in [4.69, 9.17) is 4.74 Å². The number of nitrogens with zero attached hydrogens (tertiary/aromatic N) is 1. The first kappa shape index (κ1) is 9.26. The Hall–Kier alpha value is -0.830. The minimum Gasteiger partial charge on any atom is -0.463 e. The summed E-state index contributed by atoms with van der Waals surface area (Å²) in [5.41, 5.74) is 1.18. The normalized spacial score (nSPS) is 21.7. The molecule has 0 spiro atoms. The van der Waals surface area contributed by atoms with Crippen LogP contribution in [0.15, 0.2) is 11.6 Å². The van der Waals surface area contributed by atoms with E-state index in [0.717, 1.165) is 19.5 Å². The highest BCUT2D eigenvalue weighted by Crippen LogP contribution is 2.12. The quantitative estimate of drug-likeness (QED) is 0.452. The summed E-state index contributed by atoms with van der Waals surface area (Å²) < 4.78 is 4.81. The van der Waals surface area contributed by atoms with Gasteiger partial charge >= 0.3 is 5.97 Å². The second kappa shape index (κ2) is 4.26. The third kappa shape index (κ3) is 2.66. The van der Waals surface area contributed by atoms with Crippen LogP contribution < -0.4 is 0 Å². The first-order chi connectivity index (χ1) is 5.72. The van der Waals surface area contributed by atoms with E-state index < -0.39 is 0 Å². The molecule has 68 valence electrons. The van der Waals surface area contributed by atoms with Gasteiger partial charge in [-0.05, 0) is 26.0 Å². The summed E-state index contributed by atoms with van der Waals surface area (Å²) in [6.07, 6.45) is 2.61. The predicted octanol–water partition coefficient (Wildman–Crippen LogP) is 0.811. The molecule has 0 aromatic heterocycles. The molecule has 0 N–H and O–H groups in total. The molecular weight excluding hydrogens is 154 g/mol. The van der Waals surface area contributed by atoms with Gasteiger partial charge in [0.15, 0.2) is 0 Å². The second-order valence-electron chi connectivity index (χ2n) is 3.04. The van der Waals surface area contributed by atoms with Crippen LogP contribution in [-0.4, -0.2) is 37.6 Å². The van der Waals surface area contributed by atoms with E-state index in [1.165, 1.54) is 5.57 Å². The number of hydrogen-bond acceptors (Lipinski definition) is 3.